The summed E-state index contributed by atoms with van der Waals surface area (Å²) in [6.07, 6.45) is 0.738. The molecule has 4 N–H and O–H groups in total. The molecule has 216 valence electrons. The van der Waals surface area contributed by atoms with E-state index < -0.39 is 24.3 Å². The Morgan fingerprint density at radius 2 is 1.78 bits per heavy atom. The number of carboxylic acid groups (broad SMARTS) is 1. The first-order chi connectivity index (χ1) is 19.9. The van der Waals surface area contributed by atoms with Crippen molar-refractivity contribution in [3.05, 3.63) is 89.1 Å². The van der Waals surface area contributed by atoms with Crippen LogP contribution < -0.4 is 10.6 Å². The molecule has 1 saturated heterocycles. The normalized spacial score (nSPS) is 18.3. The number of nitrogens with zero attached hydrogens (tertiary/aromatic N) is 1. The molecule has 3 aromatic rings. The zero-order valence-corrected chi connectivity index (χ0v) is 23.1. The summed E-state index contributed by atoms with van der Waals surface area (Å²) >= 11 is 1.31. The summed E-state index contributed by atoms with van der Waals surface area (Å²) in [6.45, 7) is 1.61. The molecule has 0 saturated carbocycles. The van der Waals surface area contributed by atoms with Crippen LogP contribution in [-0.2, 0) is 25.6 Å². The van der Waals surface area contributed by atoms with Gasteiger partial charge in [-0.05, 0) is 42.3 Å². The smallest absolute Gasteiger partial charge is 0.338 e. The quantitative estimate of drug-likeness (QED) is 0.190. The van der Waals surface area contributed by atoms with Gasteiger partial charge in [0.2, 0.25) is 0 Å². The number of pyridine rings is 1. The lowest BCUT2D eigenvalue weighted by molar-refractivity contribution is -0.245. The number of carbonyl (C=O) groups excluding carboxylic acids is 2. The Morgan fingerprint density at radius 3 is 2.46 bits per heavy atom. The molecule has 3 atom stereocenters. The zero-order valence-electron chi connectivity index (χ0n) is 22.3. The fourth-order valence-corrected chi connectivity index (χ4v) is 5.13. The van der Waals surface area contributed by atoms with Crippen molar-refractivity contribution in [2.75, 3.05) is 24.2 Å². The van der Waals surface area contributed by atoms with Crippen molar-refractivity contribution in [1.82, 2.24) is 10.3 Å². The maximum absolute atomic E-state index is 12.1. The van der Waals surface area contributed by atoms with Crippen LogP contribution in [0.15, 0.2) is 71.9 Å². The van der Waals surface area contributed by atoms with Crippen LogP contribution in [0.1, 0.15) is 52.8 Å². The van der Waals surface area contributed by atoms with Crippen molar-refractivity contribution in [2.24, 2.45) is 0 Å². The minimum absolute atomic E-state index is 0.0615. The first kappa shape index (κ1) is 30.0. The van der Waals surface area contributed by atoms with Crippen molar-refractivity contribution in [2.45, 2.75) is 43.5 Å². The van der Waals surface area contributed by atoms with Gasteiger partial charge in [0, 0.05) is 29.6 Å². The van der Waals surface area contributed by atoms with Gasteiger partial charge in [0.25, 0.3) is 0 Å². The van der Waals surface area contributed by atoms with Crippen LogP contribution in [0.5, 0.6) is 0 Å². The number of nitrogens with one attached hydrogen (secondary N) is 2. The monoisotopic (exact) mass is 581 g/mol. The Labute approximate surface area is 241 Å². The molecule has 1 aliphatic heterocycles. The van der Waals surface area contributed by atoms with Crippen LogP contribution >= 0.6 is 11.8 Å². The molecule has 0 aliphatic carbocycles. The number of aromatic nitrogens is 1. The highest BCUT2D eigenvalue weighted by Gasteiger charge is 2.32. The largest absolute Gasteiger partial charge is 0.478 e. The Hall–Kier alpha value is -3.97. The number of hydrogen-bond acceptors (Lipinski definition) is 9. The van der Waals surface area contributed by atoms with Gasteiger partial charge < -0.3 is 35.1 Å². The third-order valence-corrected chi connectivity index (χ3v) is 7.30. The number of benzene rings is 2. The van der Waals surface area contributed by atoms with E-state index in [-0.39, 0.29) is 37.5 Å². The molecular weight excluding hydrogens is 550 g/mol. The summed E-state index contributed by atoms with van der Waals surface area (Å²) in [5, 5.41) is 24.4. The number of esters is 1. The predicted octanol–water partition coefficient (Wildman–Crippen LogP) is 4.29. The van der Waals surface area contributed by atoms with Crippen molar-refractivity contribution >= 4 is 35.4 Å². The van der Waals surface area contributed by atoms with Gasteiger partial charge in [-0.15, -0.1) is 11.8 Å². The zero-order chi connectivity index (χ0) is 29.2. The SMILES string of the molecule is CCOC(=O)CNC(=O)Nc1ccc([C@H]2O[C@@H](CSc3ncccc3C(=O)O)C[C@@H](c3ccc(CO)cc3)O2)cc1. The van der Waals surface area contributed by atoms with E-state index in [1.165, 1.54) is 17.8 Å². The average Bonchev–Trinajstić information content (AvgIpc) is 2.99. The van der Waals surface area contributed by atoms with Gasteiger partial charge in [0.05, 0.1) is 31.0 Å². The van der Waals surface area contributed by atoms with Crippen molar-refractivity contribution in [3.63, 3.8) is 0 Å². The Bertz CT molecular complexity index is 1340. The molecule has 1 fully saturated rings. The number of anilines is 1. The lowest BCUT2D eigenvalue weighted by Gasteiger charge is -2.36. The van der Waals surface area contributed by atoms with Gasteiger partial charge in [0.1, 0.15) is 11.6 Å². The Kier molecular flexibility index (Phi) is 10.7. The van der Waals surface area contributed by atoms with E-state index in [1.807, 2.05) is 24.3 Å². The predicted molar refractivity (Wildman–Crippen MR) is 150 cm³/mol. The third kappa shape index (κ3) is 8.51. The Balaban J connectivity index is 1.46. The van der Waals surface area contributed by atoms with Crippen LogP contribution in [0.2, 0.25) is 0 Å². The fourth-order valence-electron chi connectivity index (χ4n) is 4.13. The number of amides is 2. The second-order valence-electron chi connectivity index (χ2n) is 9.06. The average molecular weight is 582 g/mol. The highest BCUT2D eigenvalue weighted by molar-refractivity contribution is 7.99. The highest BCUT2D eigenvalue weighted by Crippen LogP contribution is 2.39. The second kappa shape index (κ2) is 14.6. The molecule has 12 heteroatoms. The van der Waals surface area contributed by atoms with Crippen molar-refractivity contribution < 1.29 is 38.8 Å². The summed E-state index contributed by atoms with van der Waals surface area (Å²) in [5.41, 5.74) is 3.07. The van der Waals surface area contributed by atoms with E-state index in [4.69, 9.17) is 14.2 Å². The molecule has 2 amide bonds. The van der Waals surface area contributed by atoms with Gasteiger partial charge in [-0.1, -0.05) is 36.4 Å². The van der Waals surface area contributed by atoms with Crippen LogP contribution in [-0.4, -0.2) is 58.2 Å². The van der Waals surface area contributed by atoms with Crippen LogP contribution in [0.3, 0.4) is 0 Å². The number of aromatic carboxylic acids is 1. The molecule has 0 unspecified atom stereocenters. The van der Waals surface area contributed by atoms with Gasteiger partial charge in [-0.3, -0.25) is 4.79 Å². The molecular formula is C29H31N3O8S. The van der Waals surface area contributed by atoms with Crippen molar-refractivity contribution in [1.29, 1.82) is 0 Å². The molecule has 4 rings (SSSR count). The fraction of sp³-hybridized carbons (Fsp3) is 0.310. The molecule has 0 radical (unpaired) electrons. The lowest BCUT2D eigenvalue weighted by atomic mass is 10.0. The number of thioether (sulfide) groups is 1. The molecule has 0 bridgehead atoms. The number of aliphatic hydroxyl groups excluding tert-OH is 1. The van der Waals surface area contributed by atoms with Gasteiger partial charge >= 0.3 is 18.0 Å². The highest BCUT2D eigenvalue weighted by atomic mass is 32.2. The first-order valence-corrected chi connectivity index (χ1v) is 14.0. The number of rotatable bonds is 11. The molecule has 0 spiro atoms. The number of hydrogen-bond donors (Lipinski definition) is 4. The van der Waals surface area contributed by atoms with E-state index in [2.05, 4.69) is 15.6 Å². The van der Waals surface area contributed by atoms with E-state index in [0.717, 1.165) is 16.7 Å². The molecule has 2 aromatic carbocycles. The summed E-state index contributed by atoms with van der Waals surface area (Å²) in [6, 6.07) is 17.0. The van der Waals surface area contributed by atoms with E-state index in [9.17, 15) is 24.6 Å². The van der Waals surface area contributed by atoms with Crippen LogP contribution in [0, 0.1) is 0 Å². The van der Waals surface area contributed by atoms with Crippen LogP contribution in [0.4, 0.5) is 10.5 Å². The molecule has 11 nitrogen and oxygen atoms in total. The van der Waals surface area contributed by atoms with Crippen molar-refractivity contribution in [3.8, 4) is 0 Å². The summed E-state index contributed by atoms with van der Waals surface area (Å²) in [4.78, 5) is 39.4. The number of aliphatic hydroxyl groups is 1. The van der Waals surface area contributed by atoms with Crippen LogP contribution in [0.25, 0.3) is 0 Å². The lowest BCUT2D eigenvalue weighted by Crippen LogP contribution is -2.34. The topological polar surface area (TPSA) is 156 Å². The number of urea groups is 1. The molecule has 2 heterocycles. The summed E-state index contributed by atoms with van der Waals surface area (Å²) < 4.78 is 17.4. The van der Waals surface area contributed by atoms with Gasteiger partial charge in [0.15, 0.2) is 6.29 Å². The van der Waals surface area contributed by atoms with Gasteiger partial charge in [-0.2, -0.15) is 0 Å². The Morgan fingerprint density at radius 1 is 1.05 bits per heavy atom. The van der Waals surface area contributed by atoms with E-state index >= 15 is 0 Å². The second-order valence-corrected chi connectivity index (χ2v) is 10.1. The first-order valence-electron chi connectivity index (χ1n) is 13.0. The number of ether oxygens (including phenoxy) is 3. The van der Waals surface area contributed by atoms with Gasteiger partial charge in [-0.25, -0.2) is 14.6 Å². The molecule has 1 aliphatic rings. The number of carboxylic acids is 1. The summed E-state index contributed by atoms with van der Waals surface area (Å²) in [7, 11) is 0. The molecule has 1 aromatic heterocycles. The maximum Gasteiger partial charge on any atom is 0.338 e. The van der Waals surface area contributed by atoms with E-state index in [1.54, 1.807) is 43.5 Å². The number of carbonyl (C=O) groups is 3. The van der Waals surface area contributed by atoms with E-state index in [0.29, 0.717) is 22.9 Å². The minimum atomic E-state index is -1.04. The maximum atomic E-state index is 12.1. The molecule has 41 heavy (non-hydrogen) atoms. The standard InChI is InChI=1S/C29H31N3O8S/c1-2-38-25(34)15-31-29(37)32-21-11-9-20(10-12-21)28-39-22(17-41-26-23(27(35)36)4-3-13-30-26)14-24(40-28)19-7-5-18(16-33)6-8-19/h3-13,22,24,28,33H,2,14-17H2,1H3,(H,35,36)(H2,31,32,37)/t22-,24+,28+/m1/s1. The minimum Gasteiger partial charge on any atom is -0.478 e. The third-order valence-electron chi connectivity index (χ3n) is 6.16. The summed E-state index contributed by atoms with van der Waals surface area (Å²) in [5.74, 6) is -1.13.